The summed E-state index contributed by atoms with van der Waals surface area (Å²) in [6.07, 6.45) is 1.77. The summed E-state index contributed by atoms with van der Waals surface area (Å²) >= 11 is 7.41. The third-order valence-electron chi connectivity index (χ3n) is 2.83. The first-order valence-electron chi connectivity index (χ1n) is 6.31. The summed E-state index contributed by atoms with van der Waals surface area (Å²) in [7, 11) is 0. The molecule has 3 rings (SSSR count). The van der Waals surface area contributed by atoms with E-state index < -0.39 is 0 Å². The van der Waals surface area contributed by atoms with Crippen molar-refractivity contribution in [3.8, 4) is 0 Å². The first kappa shape index (κ1) is 13.9. The van der Waals surface area contributed by atoms with Crippen molar-refractivity contribution in [1.29, 1.82) is 0 Å². The molecule has 0 saturated carbocycles. The number of benzene rings is 2. The molecule has 5 heteroatoms. The van der Waals surface area contributed by atoms with Gasteiger partial charge in [-0.2, -0.15) is 0 Å². The van der Waals surface area contributed by atoms with Crippen LogP contribution in [-0.4, -0.2) is 11.1 Å². The van der Waals surface area contributed by atoms with Crippen LogP contribution in [0.2, 0.25) is 5.02 Å². The largest absolute Gasteiger partial charge is 0.300 e. The number of carbonyl (C=O) groups is 1. The Balaban J connectivity index is 1.86. The molecular formula is C16H11ClN2OS. The van der Waals surface area contributed by atoms with Crippen molar-refractivity contribution in [3.05, 3.63) is 70.1 Å². The molecule has 0 aliphatic carbocycles. The fraction of sp³-hybridized carbons (Fsp3) is 0. The summed E-state index contributed by atoms with van der Waals surface area (Å²) in [5.74, 6) is -0.158. The molecule has 0 radical (unpaired) electrons. The van der Waals surface area contributed by atoms with E-state index in [-0.39, 0.29) is 5.91 Å². The second-order valence-corrected chi connectivity index (χ2v) is 5.78. The maximum Gasteiger partial charge on any atom is 0.264 e. The minimum Gasteiger partial charge on any atom is -0.300 e. The van der Waals surface area contributed by atoms with Crippen molar-refractivity contribution in [2.24, 2.45) is 4.99 Å². The van der Waals surface area contributed by atoms with Crippen molar-refractivity contribution in [2.45, 2.75) is 0 Å². The molecule has 1 aliphatic heterocycles. The van der Waals surface area contributed by atoms with Crippen LogP contribution in [0.1, 0.15) is 5.56 Å². The van der Waals surface area contributed by atoms with E-state index in [1.54, 1.807) is 12.1 Å². The van der Waals surface area contributed by atoms with Gasteiger partial charge in [-0.1, -0.05) is 48.0 Å². The number of nitrogens with zero attached hydrogens (tertiary/aromatic N) is 1. The molecule has 104 valence electrons. The minimum atomic E-state index is -0.158. The Kier molecular flexibility index (Phi) is 4.08. The van der Waals surface area contributed by atoms with Crippen LogP contribution in [-0.2, 0) is 4.79 Å². The van der Waals surface area contributed by atoms with Gasteiger partial charge < -0.3 is 5.32 Å². The van der Waals surface area contributed by atoms with Gasteiger partial charge in [0.1, 0.15) is 0 Å². The number of hydrogen-bond donors (Lipinski definition) is 1. The van der Waals surface area contributed by atoms with Crippen LogP contribution in [0.15, 0.2) is 64.5 Å². The van der Waals surface area contributed by atoms with Gasteiger partial charge >= 0.3 is 0 Å². The summed E-state index contributed by atoms with van der Waals surface area (Å²) in [6, 6.07) is 16.9. The molecule has 2 aromatic rings. The smallest absolute Gasteiger partial charge is 0.264 e. The Morgan fingerprint density at radius 1 is 1.05 bits per heavy atom. The topological polar surface area (TPSA) is 41.5 Å². The molecule has 1 amide bonds. The third kappa shape index (κ3) is 3.35. The third-order valence-corrected chi connectivity index (χ3v) is 4.08. The summed E-state index contributed by atoms with van der Waals surface area (Å²) in [6.45, 7) is 0. The summed E-state index contributed by atoms with van der Waals surface area (Å²) < 4.78 is 0. The molecule has 3 nitrogen and oxygen atoms in total. The van der Waals surface area contributed by atoms with Gasteiger partial charge in [-0.05, 0) is 41.6 Å². The lowest BCUT2D eigenvalue weighted by Gasteiger charge is -1.97. The van der Waals surface area contributed by atoms with Gasteiger partial charge in [0.25, 0.3) is 5.91 Å². The Morgan fingerprint density at radius 3 is 2.52 bits per heavy atom. The predicted molar refractivity (Wildman–Crippen MR) is 88.7 cm³/mol. The van der Waals surface area contributed by atoms with Crippen LogP contribution in [0, 0.1) is 0 Å². The molecule has 1 aliphatic rings. The Hall–Kier alpha value is -2.04. The van der Waals surface area contributed by atoms with Gasteiger partial charge in [0.2, 0.25) is 0 Å². The van der Waals surface area contributed by atoms with Crippen LogP contribution < -0.4 is 5.32 Å². The molecule has 0 spiro atoms. The van der Waals surface area contributed by atoms with E-state index in [9.17, 15) is 4.79 Å². The predicted octanol–water partition coefficient (Wildman–Crippen LogP) is 4.23. The monoisotopic (exact) mass is 314 g/mol. The second kappa shape index (κ2) is 6.16. The number of hydrogen-bond acceptors (Lipinski definition) is 3. The number of amidine groups is 1. The molecule has 0 bridgehead atoms. The fourth-order valence-corrected chi connectivity index (χ4v) is 2.86. The first-order valence-corrected chi connectivity index (χ1v) is 7.51. The van der Waals surface area contributed by atoms with Gasteiger partial charge in [0.05, 0.1) is 10.6 Å². The maximum atomic E-state index is 12.0. The molecule has 21 heavy (non-hydrogen) atoms. The van der Waals surface area contributed by atoms with E-state index in [1.165, 1.54) is 11.8 Å². The standard InChI is InChI=1S/C16H11ClN2OS/c17-13-9-5-4-6-11(13)10-14-15(20)19-16(21-14)18-12-7-2-1-3-8-12/h1-10H,(H,18,19,20)/b14-10+. The van der Waals surface area contributed by atoms with Crippen LogP contribution in [0.5, 0.6) is 0 Å². The zero-order valence-corrected chi connectivity index (χ0v) is 12.5. The van der Waals surface area contributed by atoms with Gasteiger partial charge in [0, 0.05) is 5.02 Å². The van der Waals surface area contributed by atoms with Crippen molar-refractivity contribution in [3.63, 3.8) is 0 Å². The Bertz CT molecular complexity index is 741. The number of rotatable bonds is 2. The number of carbonyl (C=O) groups excluding carboxylic acids is 1. The molecule has 1 saturated heterocycles. The highest BCUT2D eigenvalue weighted by atomic mass is 35.5. The van der Waals surface area contributed by atoms with Crippen molar-refractivity contribution >= 4 is 46.2 Å². The zero-order chi connectivity index (χ0) is 14.7. The Morgan fingerprint density at radius 2 is 1.76 bits per heavy atom. The van der Waals surface area contributed by atoms with E-state index in [0.717, 1.165) is 11.3 Å². The molecule has 1 fully saturated rings. The zero-order valence-electron chi connectivity index (χ0n) is 10.9. The lowest BCUT2D eigenvalue weighted by Crippen LogP contribution is -2.19. The summed E-state index contributed by atoms with van der Waals surface area (Å²) in [4.78, 5) is 16.9. The molecule has 0 atom stereocenters. The number of nitrogens with one attached hydrogen (secondary N) is 1. The van der Waals surface area contributed by atoms with Gasteiger partial charge in [-0.3, -0.25) is 4.79 Å². The number of thioether (sulfide) groups is 1. The minimum absolute atomic E-state index is 0.158. The van der Waals surface area contributed by atoms with E-state index in [2.05, 4.69) is 10.3 Å². The summed E-state index contributed by atoms with van der Waals surface area (Å²) in [5, 5.41) is 3.95. The van der Waals surface area contributed by atoms with Crippen molar-refractivity contribution in [2.75, 3.05) is 0 Å². The highest BCUT2D eigenvalue weighted by Crippen LogP contribution is 2.29. The fourth-order valence-electron chi connectivity index (χ4n) is 1.83. The molecule has 0 unspecified atom stereocenters. The number of para-hydroxylation sites is 1. The highest BCUT2D eigenvalue weighted by Gasteiger charge is 2.23. The average Bonchev–Trinajstić information content (AvgIpc) is 2.82. The van der Waals surface area contributed by atoms with Crippen LogP contribution in [0.3, 0.4) is 0 Å². The van der Waals surface area contributed by atoms with E-state index in [0.29, 0.717) is 15.1 Å². The molecule has 1 N–H and O–H groups in total. The lowest BCUT2D eigenvalue weighted by molar-refractivity contribution is -0.115. The van der Waals surface area contributed by atoms with Gasteiger partial charge in [-0.25, -0.2) is 4.99 Å². The van der Waals surface area contributed by atoms with Crippen LogP contribution in [0.4, 0.5) is 5.69 Å². The van der Waals surface area contributed by atoms with Crippen molar-refractivity contribution in [1.82, 2.24) is 5.32 Å². The number of amides is 1. The van der Waals surface area contributed by atoms with E-state index in [1.807, 2.05) is 48.5 Å². The normalized spacial score (nSPS) is 18.2. The molecule has 0 aromatic heterocycles. The van der Waals surface area contributed by atoms with Crippen molar-refractivity contribution < 1.29 is 4.79 Å². The average molecular weight is 315 g/mol. The van der Waals surface area contributed by atoms with E-state index in [4.69, 9.17) is 11.6 Å². The quantitative estimate of drug-likeness (QED) is 0.843. The first-order chi connectivity index (χ1) is 10.2. The molecule has 1 heterocycles. The number of halogens is 1. The SMILES string of the molecule is O=C1NC(=Nc2ccccc2)S/C1=C/c1ccccc1Cl. The Labute approximate surface area is 131 Å². The molecular weight excluding hydrogens is 304 g/mol. The number of aliphatic imine (C=N–C) groups is 1. The van der Waals surface area contributed by atoms with E-state index >= 15 is 0 Å². The maximum absolute atomic E-state index is 12.0. The van der Waals surface area contributed by atoms with Gasteiger partial charge in [0.15, 0.2) is 5.17 Å². The van der Waals surface area contributed by atoms with Crippen LogP contribution in [0.25, 0.3) is 6.08 Å². The second-order valence-electron chi connectivity index (χ2n) is 4.34. The van der Waals surface area contributed by atoms with Crippen LogP contribution >= 0.6 is 23.4 Å². The highest BCUT2D eigenvalue weighted by molar-refractivity contribution is 8.18. The lowest BCUT2D eigenvalue weighted by atomic mass is 10.2. The molecule has 2 aromatic carbocycles. The summed E-state index contributed by atoms with van der Waals surface area (Å²) in [5.41, 5.74) is 1.62. The van der Waals surface area contributed by atoms with Gasteiger partial charge in [-0.15, -0.1) is 0 Å².